The monoisotopic (exact) mass is 333 g/mol. The summed E-state index contributed by atoms with van der Waals surface area (Å²) in [7, 11) is 0. The molecular weight excluding hydrogens is 306 g/mol. The van der Waals surface area contributed by atoms with Gasteiger partial charge in [-0.1, -0.05) is 13.8 Å². The van der Waals surface area contributed by atoms with Gasteiger partial charge in [0.05, 0.1) is 5.56 Å². The first kappa shape index (κ1) is 18.2. The van der Waals surface area contributed by atoms with E-state index in [-0.39, 0.29) is 11.8 Å². The molecule has 1 aliphatic heterocycles. The second-order valence-electron chi connectivity index (χ2n) is 6.06. The molecule has 0 saturated carbocycles. The maximum absolute atomic E-state index is 12.5. The molecule has 0 aliphatic carbocycles. The van der Waals surface area contributed by atoms with Crippen LogP contribution in [-0.2, 0) is 4.79 Å². The minimum atomic E-state index is -0.00773. The molecule has 0 radical (unpaired) electrons. The third-order valence-electron chi connectivity index (χ3n) is 4.17. The van der Waals surface area contributed by atoms with Crippen LogP contribution in [0.4, 0.5) is 5.95 Å². The first-order valence-electron chi connectivity index (χ1n) is 8.68. The summed E-state index contributed by atoms with van der Waals surface area (Å²) in [4.78, 5) is 38.3. The van der Waals surface area contributed by atoms with E-state index >= 15 is 0 Å². The number of nitrogens with zero attached hydrogens (tertiary/aromatic N) is 5. The lowest BCUT2D eigenvalue weighted by Crippen LogP contribution is -2.48. The second-order valence-corrected chi connectivity index (χ2v) is 6.06. The average molecular weight is 333 g/mol. The van der Waals surface area contributed by atoms with Crippen molar-refractivity contribution in [1.82, 2.24) is 19.8 Å². The maximum atomic E-state index is 12.5. The molecule has 2 rings (SSSR count). The van der Waals surface area contributed by atoms with Gasteiger partial charge < -0.3 is 14.7 Å². The second kappa shape index (κ2) is 8.61. The summed E-state index contributed by atoms with van der Waals surface area (Å²) in [6.45, 7) is 10.0. The number of carbonyl (C=O) groups is 2. The topological polar surface area (TPSA) is 69.6 Å². The van der Waals surface area contributed by atoms with E-state index in [1.807, 2.05) is 14.7 Å². The summed E-state index contributed by atoms with van der Waals surface area (Å²) < 4.78 is 0. The Morgan fingerprint density at radius 1 is 1.04 bits per heavy atom. The lowest BCUT2D eigenvalue weighted by molar-refractivity contribution is -0.129. The number of piperazine rings is 1. The molecule has 0 N–H and O–H groups in total. The van der Waals surface area contributed by atoms with E-state index in [1.54, 1.807) is 19.3 Å². The third kappa shape index (κ3) is 4.43. The number of amides is 2. The Kier molecular flexibility index (Phi) is 6.52. The highest BCUT2D eigenvalue weighted by atomic mass is 16.2. The minimum absolute atomic E-state index is 0.00773. The van der Waals surface area contributed by atoms with E-state index in [0.29, 0.717) is 37.7 Å². The van der Waals surface area contributed by atoms with Crippen molar-refractivity contribution >= 4 is 17.8 Å². The molecule has 7 nitrogen and oxygen atoms in total. The fourth-order valence-corrected chi connectivity index (χ4v) is 2.85. The highest BCUT2D eigenvalue weighted by Gasteiger charge is 2.21. The van der Waals surface area contributed by atoms with Crippen molar-refractivity contribution in [2.24, 2.45) is 0 Å². The predicted molar refractivity (Wildman–Crippen MR) is 93.0 cm³/mol. The van der Waals surface area contributed by atoms with Gasteiger partial charge in [0.15, 0.2) is 0 Å². The Morgan fingerprint density at radius 3 is 2.04 bits per heavy atom. The fraction of sp³-hybridized carbons (Fsp3) is 0.647. The molecule has 1 aromatic rings. The number of hydrogen-bond donors (Lipinski definition) is 0. The molecule has 24 heavy (non-hydrogen) atoms. The summed E-state index contributed by atoms with van der Waals surface area (Å²) >= 11 is 0. The Labute approximate surface area is 143 Å². The van der Waals surface area contributed by atoms with Gasteiger partial charge in [0.1, 0.15) is 0 Å². The van der Waals surface area contributed by atoms with Crippen LogP contribution in [0.2, 0.25) is 0 Å². The van der Waals surface area contributed by atoms with Gasteiger partial charge >= 0.3 is 0 Å². The maximum Gasteiger partial charge on any atom is 0.256 e. The van der Waals surface area contributed by atoms with Crippen LogP contribution < -0.4 is 4.90 Å². The summed E-state index contributed by atoms with van der Waals surface area (Å²) in [6.07, 6.45) is 5.09. The molecule has 0 bridgehead atoms. The largest absolute Gasteiger partial charge is 0.339 e. The van der Waals surface area contributed by atoms with E-state index in [0.717, 1.165) is 25.9 Å². The molecular formula is C17H27N5O2. The van der Waals surface area contributed by atoms with Crippen LogP contribution in [0.3, 0.4) is 0 Å². The van der Waals surface area contributed by atoms with Gasteiger partial charge in [0.2, 0.25) is 11.9 Å². The molecule has 1 saturated heterocycles. The van der Waals surface area contributed by atoms with Gasteiger partial charge in [-0.3, -0.25) is 9.59 Å². The summed E-state index contributed by atoms with van der Waals surface area (Å²) in [5.41, 5.74) is 0.531. The van der Waals surface area contributed by atoms with Gasteiger partial charge in [-0.25, -0.2) is 9.97 Å². The first-order valence-corrected chi connectivity index (χ1v) is 8.68. The van der Waals surface area contributed by atoms with E-state index in [1.165, 1.54) is 0 Å². The Hall–Kier alpha value is -2.18. The first-order chi connectivity index (χ1) is 11.6. The molecule has 1 aliphatic rings. The standard InChI is InChI=1S/C17H27N5O2/c1-4-6-21(7-5-2)16(24)15-12-18-17(19-13-15)22-10-8-20(9-11-22)14(3)23/h12-13H,4-11H2,1-3H3. The molecule has 7 heteroatoms. The molecule has 0 spiro atoms. The van der Waals surface area contributed by atoms with E-state index in [9.17, 15) is 9.59 Å². The Balaban J connectivity index is 2.00. The van der Waals surface area contributed by atoms with Crippen molar-refractivity contribution in [1.29, 1.82) is 0 Å². The third-order valence-corrected chi connectivity index (χ3v) is 4.17. The predicted octanol–water partition coefficient (Wildman–Crippen LogP) is 1.41. The van der Waals surface area contributed by atoms with E-state index in [2.05, 4.69) is 23.8 Å². The van der Waals surface area contributed by atoms with Crippen molar-refractivity contribution in [3.05, 3.63) is 18.0 Å². The summed E-state index contributed by atoms with van der Waals surface area (Å²) in [5, 5.41) is 0. The number of aromatic nitrogens is 2. The summed E-state index contributed by atoms with van der Waals surface area (Å²) in [6, 6.07) is 0. The molecule has 0 atom stereocenters. The summed E-state index contributed by atoms with van der Waals surface area (Å²) in [5.74, 6) is 0.711. The van der Waals surface area contributed by atoms with Gasteiger partial charge in [-0.2, -0.15) is 0 Å². The van der Waals surface area contributed by atoms with Crippen LogP contribution in [0.15, 0.2) is 12.4 Å². The van der Waals surface area contributed by atoms with Crippen LogP contribution in [0.5, 0.6) is 0 Å². The quantitative estimate of drug-likeness (QED) is 0.787. The highest BCUT2D eigenvalue weighted by Crippen LogP contribution is 2.12. The van der Waals surface area contributed by atoms with Gasteiger partial charge in [-0.15, -0.1) is 0 Å². The number of carbonyl (C=O) groups excluding carboxylic acids is 2. The molecule has 2 amide bonds. The van der Waals surface area contributed by atoms with Crippen LogP contribution >= 0.6 is 0 Å². The van der Waals surface area contributed by atoms with Crippen molar-refractivity contribution in [2.45, 2.75) is 33.6 Å². The molecule has 1 aromatic heterocycles. The number of rotatable bonds is 6. The van der Waals surface area contributed by atoms with E-state index < -0.39 is 0 Å². The average Bonchev–Trinajstić information content (AvgIpc) is 2.61. The Morgan fingerprint density at radius 2 is 1.58 bits per heavy atom. The molecule has 0 aromatic carbocycles. The molecule has 132 valence electrons. The van der Waals surface area contributed by atoms with Crippen molar-refractivity contribution in [2.75, 3.05) is 44.2 Å². The lowest BCUT2D eigenvalue weighted by Gasteiger charge is -2.34. The van der Waals surface area contributed by atoms with Crippen LogP contribution in [0.25, 0.3) is 0 Å². The highest BCUT2D eigenvalue weighted by molar-refractivity contribution is 5.93. The van der Waals surface area contributed by atoms with Crippen molar-refractivity contribution in [3.63, 3.8) is 0 Å². The zero-order chi connectivity index (χ0) is 17.5. The van der Waals surface area contributed by atoms with Crippen LogP contribution in [-0.4, -0.2) is 70.9 Å². The normalized spacial score (nSPS) is 14.6. The van der Waals surface area contributed by atoms with E-state index in [4.69, 9.17) is 0 Å². The minimum Gasteiger partial charge on any atom is -0.339 e. The van der Waals surface area contributed by atoms with Crippen molar-refractivity contribution in [3.8, 4) is 0 Å². The lowest BCUT2D eigenvalue weighted by atomic mass is 10.2. The SMILES string of the molecule is CCCN(CCC)C(=O)c1cnc(N2CCN(C(C)=O)CC2)nc1. The zero-order valence-corrected chi connectivity index (χ0v) is 14.9. The molecule has 2 heterocycles. The smallest absolute Gasteiger partial charge is 0.256 e. The van der Waals surface area contributed by atoms with Gasteiger partial charge in [0.25, 0.3) is 5.91 Å². The number of hydrogen-bond acceptors (Lipinski definition) is 5. The molecule has 0 unspecified atom stereocenters. The van der Waals surface area contributed by atoms with Crippen molar-refractivity contribution < 1.29 is 9.59 Å². The zero-order valence-electron chi connectivity index (χ0n) is 14.9. The Bertz CT molecular complexity index is 547. The number of anilines is 1. The van der Waals surface area contributed by atoms with Gasteiger partial charge in [-0.05, 0) is 12.8 Å². The fourth-order valence-electron chi connectivity index (χ4n) is 2.85. The van der Waals surface area contributed by atoms with Crippen LogP contribution in [0, 0.1) is 0 Å². The van der Waals surface area contributed by atoms with Crippen LogP contribution in [0.1, 0.15) is 44.0 Å². The molecule has 1 fully saturated rings. The van der Waals surface area contributed by atoms with Gasteiger partial charge in [0, 0.05) is 58.6 Å².